The molecular formula is C15H24O4. The molecule has 4 nitrogen and oxygen atoms in total. The van der Waals surface area contributed by atoms with Crippen LogP contribution in [-0.4, -0.2) is 30.1 Å². The number of fused-ring (bicyclic) bond motifs is 1. The van der Waals surface area contributed by atoms with Gasteiger partial charge in [0.2, 0.25) is 0 Å². The van der Waals surface area contributed by atoms with Crippen LogP contribution in [0.1, 0.15) is 46.0 Å². The topological polar surface area (TPSA) is 55.8 Å². The number of aliphatic carboxylic acids is 1. The zero-order valence-electron chi connectivity index (χ0n) is 11.9. The van der Waals surface area contributed by atoms with Crippen LogP contribution in [0.15, 0.2) is 0 Å². The lowest BCUT2D eigenvalue weighted by atomic mass is 9.93. The fraction of sp³-hybridized carbons (Fsp3) is 0.933. The maximum atomic E-state index is 10.8. The summed E-state index contributed by atoms with van der Waals surface area (Å²) >= 11 is 0. The number of ether oxygens (including phenoxy) is 2. The average Bonchev–Trinajstić information content (AvgIpc) is 2.78. The third kappa shape index (κ3) is 2.65. The van der Waals surface area contributed by atoms with Gasteiger partial charge in [-0.05, 0) is 30.6 Å². The van der Waals surface area contributed by atoms with Crippen molar-refractivity contribution in [1.82, 2.24) is 0 Å². The van der Waals surface area contributed by atoms with E-state index in [2.05, 4.69) is 13.8 Å². The van der Waals surface area contributed by atoms with E-state index in [4.69, 9.17) is 14.6 Å². The Bertz CT molecular complexity index is 350. The quantitative estimate of drug-likeness (QED) is 0.836. The molecule has 3 aliphatic rings. The minimum atomic E-state index is -0.661. The number of hydrogen-bond donors (Lipinski definition) is 1. The third-order valence-electron chi connectivity index (χ3n) is 5.00. The Morgan fingerprint density at radius 3 is 2.16 bits per heavy atom. The van der Waals surface area contributed by atoms with Crippen molar-refractivity contribution in [3.63, 3.8) is 0 Å². The highest BCUT2D eigenvalue weighted by Crippen LogP contribution is 2.54. The predicted octanol–water partition coefficient (Wildman–Crippen LogP) is 2.67. The molecule has 2 aliphatic carbocycles. The molecule has 1 aliphatic heterocycles. The van der Waals surface area contributed by atoms with Gasteiger partial charge in [0.1, 0.15) is 0 Å². The first kappa shape index (κ1) is 13.4. The van der Waals surface area contributed by atoms with Crippen molar-refractivity contribution in [3.8, 4) is 0 Å². The van der Waals surface area contributed by atoms with Gasteiger partial charge >= 0.3 is 5.97 Å². The van der Waals surface area contributed by atoms with Crippen LogP contribution in [-0.2, 0) is 14.3 Å². The zero-order chi connectivity index (χ0) is 13.7. The predicted molar refractivity (Wildman–Crippen MR) is 69.6 cm³/mol. The number of hydrogen-bond acceptors (Lipinski definition) is 3. The molecule has 3 rings (SSSR count). The number of carboxylic acid groups (broad SMARTS) is 1. The fourth-order valence-electron chi connectivity index (χ4n) is 4.11. The van der Waals surface area contributed by atoms with Gasteiger partial charge in [0, 0.05) is 24.7 Å². The van der Waals surface area contributed by atoms with Crippen LogP contribution >= 0.6 is 0 Å². The van der Waals surface area contributed by atoms with Crippen molar-refractivity contribution < 1.29 is 19.4 Å². The molecule has 3 fully saturated rings. The summed E-state index contributed by atoms with van der Waals surface area (Å²) in [6.45, 7) is 5.87. The summed E-state index contributed by atoms with van der Waals surface area (Å²) in [5, 5.41) is 8.89. The molecule has 0 aromatic carbocycles. The van der Waals surface area contributed by atoms with Gasteiger partial charge in [0.05, 0.1) is 13.2 Å². The molecule has 2 saturated carbocycles. The highest BCUT2D eigenvalue weighted by molar-refractivity contribution is 5.67. The Balaban J connectivity index is 1.58. The highest BCUT2D eigenvalue weighted by Gasteiger charge is 2.53. The number of carboxylic acids is 1. The van der Waals surface area contributed by atoms with Gasteiger partial charge in [-0.2, -0.15) is 0 Å². The van der Waals surface area contributed by atoms with Crippen LogP contribution < -0.4 is 0 Å². The molecule has 2 unspecified atom stereocenters. The molecule has 0 amide bonds. The maximum absolute atomic E-state index is 10.8. The van der Waals surface area contributed by atoms with Crippen LogP contribution in [0.5, 0.6) is 0 Å². The second-order valence-electron chi connectivity index (χ2n) is 7.52. The van der Waals surface area contributed by atoms with E-state index in [0.29, 0.717) is 24.2 Å². The van der Waals surface area contributed by atoms with E-state index >= 15 is 0 Å². The maximum Gasteiger partial charge on any atom is 0.303 e. The first-order valence-corrected chi connectivity index (χ1v) is 7.37. The fourth-order valence-corrected chi connectivity index (χ4v) is 4.11. The zero-order valence-corrected chi connectivity index (χ0v) is 11.9. The molecule has 1 saturated heterocycles. The van der Waals surface area contributed by atoms with Gasteiger partial charge in [0.15, 0.2) is 5.79 Å². The molecule has 1 heterocycles. The Kier molecular flexibility index (Phi) is 3.13. The Hall–Kier alpha value is -0.610. The van der Waals surface area contributed by atoms with E-state index in [0.717, 1.165) is 38.9 Å². The van der Waals surface area contributed by atoms with Gasteiger partial charge in [-0.1, -0.05) is 13.8 Å². The first-order valence-electron chi connectivity index (χ1n) is 7.37. The molecule has 1 spiro atoms. The van der Waals surface area contributed by atoms with Crippen LogP contribution in [0.25, 0.3) is 0 Å². The summed E-state index contributed by atoms with van der Waals surface area (Å²) in [5.74, 6) is 0.562. The molecule has 0 aromatic rings. The third-order valence-corrected chi connectivity index (χ3v) is 5.00. The minimum absolute atomic E-state index is 0.120. The molecule has 0 aromatic heterocycles. The Labute approximate surface area is 114 Å². The second-order valence-corrected chi connectivity index (χ2v) is 7.52. The van der Waals surface area contributed by atoms with E-state index in [-0.39, 0.29) is 11.2 Å². The van der Waals surface area contributed by atoms with Gasteiger partial charge in [-0.3, -0.25) is 4.79 Å². The molecular weight excluding hydrogens is 244 g/mol. The molecule has 2 atom stereocenters. The molecule has 4 heteroatoms. The Morgan fingerprint density at radius 1 is 1.16 bits per heavy atom. The molecule has 0 bridgehead atoms. The van der Waals surface area contributed by atoms with Crippen molar-refractivity contribution in [3.05, 3.63) is 0 Å². The van der Waals surface area contributed by atoms with Gasteiger partial charge in [0.25, 0.3) is 0 Å². The van der Waals surface area contributed by atoms with E-state index in [1.165, 1.54) is 0 Å². The standard InChI is InChI=1S/C15H24O4/c1-14(2)8-18-15(19-9-14)6-11-3-10(5-13(16)17)4-12(11)7-15/h10-12H,3-9H2,1-2H3,(H,16,17). The van der Waals surface area contributed by atoms with E-state index in [1.807, 2.05) is 0 Å². The smallest absolute Gasteiger partial charge is 0.303 e. The Morgan fingerprint density at radius 2 is 1.68 bits per heavy atom. The van der Waals surface area contributed by atoms with Crippen LogP contribution in [0, 0.1) is 23.2 Å². The van der Waals surface area contributed by atoms with Crippen LogP contribution in [0.2, 0.25) is 0 Å². The van der Waals surface area contributed by atoms with Gasteiger partial charge in [-0.15, -0.1) is 0 Å². The molecule has 19 heavy (non-hydrogen) atoms. The summed E-state index contributed by atoms with van der Waals surface area (Å²) in [4.78, 5) is 10.8. The van der Waals surface area contributed by atoms with Crippen molar-refractivity contribution in [1.29, 1.82) is 0 Å². The van der Waals surface area contributed by atoms with Crippen LogP contribution in [0.4, 0.5) is 0 Å². The van der Waals surface area contributed by atoms with Crippen molar-refractivity contribution >= 4 is 5.97 Å². The lowest BCUT2D eigenvalue weighted by molar-refractivity contribution is -0.297. The lowest BCUT2D eigenvalue weighted by Crippen LogP contribution is -2.46. The van der Waals surface area contributed by atoms with E-state index in [9.17, 15) is 4.79 Å². The van der Waals surface area contributed by atoms with E-state index < -0.39 is 5.97 Å². The lowest BCUT2D eigenvalue weighted by Gasteiger charge is -2.42. The SMILES string of the molecule is CC1(C)COC2(CC3CC(CC(=O)O)CC3C2)OC1. The van der Waals surface area contributed by atoms with Crippen LogP contribution in [0.3, 0.4) is 0 Å². The molecule has 0 radical (unpaired) electrons. The van der Waals surface area contributed by atoms with E-state index in [1.54, 1.807) is 0 Å². The number of rotatable bonds is 2. The summed E-state index contributed by atoms with van der Waals surface area (Å²) in [6.07, 6.45) is 4.33. The molecule has 1 N–H and O–H groups in total. The minimum Gasteiger partial charge on any atom is -0.481 e. The molecule has 108 valence electrons. The van der Waals surface area contributed by atoms with Gasteiger partial charge < -0.3 is 14.6 Å². The van der Waals surface area contributed by atoms with Crippen molar-refractivity contribution in [2.24, 2.45) is 23.2 Å². The largest absolute Gasteiger partial charge is 0.481 e. The van der Waals surface area contributed by atoms with Crippen molar-refractivity contribution in [2.75, 3.05) is 13.2 Å². The highest BCUT2D eigenvalue weighted by atomic mass is 16.7. The average molecular weight is 268 g/mol. The summed E-state index contributed by atoms with van der Waals surface area (Å²) in [7, 11) is 0. The first-order chi connectivity index (χ1) is 8.88. The van der Waals surface area contributed by atoms with Gasteiger partial charge in [-0.25, -0.2) is 0 Å². The monoisotopic (exact) mass is 268 g/mol. The second kappa shape index (κ2) is 4.45. The number of carbonyl (C=O) groups is 1. The summed E-state index contributed by atoms with van der Waals surface area (Å²) in [5.41, 5.74) is 0.120. The summed E-state index contributed by atoms with van der Waals surface area (Å²) in [6, 6.07) is 0. The summed E-state index contributed by atoms with van der Waals surface area (Å²) < 4.78 is 12.1. The normalized spacial score (nSPS) is 39.4. The van der Waals surface area contributed by atoms with Crippen molar-refractivity contribution in [2.45, 2.75) is 51.7 Å².